The van der Waals surface area contributed by atoms with Crippen LogP contribution < -0.4 is 11.1 Å². The zero-order valence-electron chi connectivity index (χ0n) is 13.1. The highest BCUT2D eigenvalue weighted by molar-refractivity contribution is 5.92. The van der Waals surface area contributed by atoms with E-state index in [1.807, 2.05) is 0 Å². The van der Waals surface area contributed by atoms with Crippen LogP contribution in [0.5, 0.6) is 0 Å². The molecule has 2 aromatic rings. The summed E-state index contributed by atoms with van der Waals surface area (Å²) in [6.07, 6.45) is 4.64. The highest BCUT2D eigenvalue weighted by Gasteiger charge is 2.28. The van der Waals surface area contributed by atoms with E-state index in [1.54, 1.807) is 24.4 Å². The zero-order valence-corrected chi connectivity index (χ0v) is 13.1. The van der Waals surface area contributed by atoms with Crippen LogP contribution in [0.3, 0.4) is 0 Å². The standard InChI is InChI=1S/C16H19N5O3/c17-10-11-3-1-6-14(11)18-16(22)15-7-8-20(19-15)12-4-2-5-13(9-12)21(23)24/h2,4-5,7-9,11,14H,1,3,6,10,17H2,(H,18,22). The van der Waals surface area contributed by atoms with Gasteiger partial charge in [0.05, 0.1) is 10.6 Å². The maximum Gasteiger partial charge on any atom is 0.272 e. The fourth-order valence-electron chi connectivity index (χ4n) is 3.09. The summed E-state index contributed by atoms with van der Waals surface area (Å²) in [5.41, 5.74) is 6.52. The van der Waals surface area contributed by atoms with Gasteiger partial charge in [0.25, 0.3) is 11.6 Å². The molecule has 1 fully saturated rings. The molecule has 3 rings (SSSR count). The topological polar surface area (TPSA) is 116 Å². The molecule has 1 heterocycles. The maximum absolute atomic E-state index is 12.3. The third-order valence-electron chi connectivity index (χ3n) is 4.41. The number of aromatic nitrogens is 2. The van der Waals surface area contributed by atoms with Crippen LogP contribution in [0.4, 0.5) is 5.69 Å². The van der Waals surface area contributed by atoms with Gasteiger partial charge in [-0.05, 0) is 37.4 Å². The second-order valence-corrected chi connectivity index (χ2v) is 5.93. The number of carbonyl (C=O) groups is 1. The van der Waals surface area contributed by atoms with Crippen LogP contribution in [0.25, 0.3) is 5.69 Å². The number of hydrogen-bond acceptors (Lipinski definition) is 5. The summed E-state index contributed by atoms with van der Waals surface area (Å²) in [5.74, 6) is 0.0670. The smallest absolute Gasteiger partial charge is 0.272 e. The number of nitro benzene ring substituents is 1. The van der Waals surface area contributed by atoms with Gasteiger partial charge >= 0.3 is 0 Å². The van der Waals surface area contributed by atoms with Gasteiger partial charge in [-0.3, -0.25) is 14.9 Å². The average Bonchev–Trinajstić information content (AvgIpc) is 3.24. The van der Waals surface area contributed by atoms with Gasteiger partial charge in [-0.15, -0.1) is 0 Å². The Labute approximate surface area is 138 Å². The van der Waals surface area contributed by atoms with E-state index in [2.05, 4.69) is 10.4 Å². The highest BCUT2D eigenvalue weighted by Crippen LogP contribution is 2.24. The van der Waals surface area contributed by atoms with Gasteiger partial charge in [0, 0.05) is 24.4 Å². The van der Waals surface area contributed by atoms with Crippen molar-refractivity contribution < 1.29 is 9.72 Å². The van der Waals surface area contributed by atoms with E-state index in [4.69, 9.17) is 5.73 Å². The number of hydrogen-bond donors (Lipinski definition) is 2. The second kappa shape index (κ2) is 6.79. The lowest BCUT2D eigenvalue weighted by Crippen LogP contribution is -2.40. The molecular formula is C16H19N5O3. The predicted molar refractivity (Wildman–Crippen MR) is 87.9 cm³/mol. The molecule has 0 saturated heterocycles. The lowest BCUT2D eigenvalue weighted by atomic mass is 10.0. The summed E-state index contributed by atoms with van der Waals surface area (Å²) < 4.78 is 1.46. The minimum Gasteiger partial charge on any atom is -0.348 e. The first-order chi connectivity index (χ1) is 11.6. The van der Waals surface area contributed by atoms with Crippen LogP contribution in [-0.4, -0.2) is 33.2 Å². The van der Waals surface area contributed by atoms with Crippen molar-refractivity contribution >= 4 is 11.6 Å². The fraction of sp³-hybridized carbons (Fsp3) is 0.375. The number of nitro groups is 1. The van der Waals surface area contributed by atoms with E-state index in [0.29, 0.717) is 18.2 Å². The van der Waals surface area contributed by atoms with Gasteiger partial charge in [0.1, 0.15) is 0 Å². The van der Waals surface area contributed by atoms with Gasteiger partial charge in [-0.1, -0.05) is 12.5 Å². The Bertz CT molecular complexity index is 758. The van der Waals surface area contributed by atoms with Crippen molar-refractivity contribution in [2.75, 3.05) is 6.54 Å². The molecular weight excluding hydrogens is 310 g/mol. The quantitative estimate of drug-likeness (QED) is 0.639. The molecule has 2 unspecified atom stereocenters. The Kier molecular flexibility index (Phi) is 4.57. The number of nitrogens with zero attached hydrogens (tertiary/aromatic N) is 3. The second-order valence-electron chi connectivity index (χ2n) is 5.93. The number of nitrogens with one attached hydrogen (secondary N) is 1. The minimum atomic E-state index is -0.465. The van der Waals surface area contributed by atoms with Crippen molar-refractivity contribution in [3.8, 4) is 5.69 Å². The molecule has 0 aliphatic heterocycles. The van der Waals surface area contributed by atoms with Crippen molar-refractivity contribution in [2.45, 2.75) is 25.3 Å². The highest BCUT2D eigenvalue weighted by atomic mass is 16.6. The van der Waals surface area contributed by atoms with Crippen molar-refractivity contribution in [2.24, 2.45) is 11.7 Å². The van der Waals surface area contributed by atoms with Gasteiger partial charge in [-0.25, -0.2) is 4.68 Å². The monoisotopic (exact) mass is 329 g/mol. The number of carbonyl (C=O) groups excluding carboxylic acids is 1. The van der Waals surface area contributed by atoms with Crippen molar-refractivity contribution in [3.05, 3.63) is 52.3 Å². The third-order valence-corrected chi connectivity index (χ3v) is 4.41. The van der Waals surface area contributed by atoms with E-state index >= 15 is 0 Å². The number of rotatable bonds is 5. The van der Waals surface area contributed by atoms with E-state index in [-0.39, 0.29) is 23.3 Å². The maximum atomic E-state index is 12.3. The van der Waals surface area contributed by atoms with Crippen LogP contribution >= 0.6 is 0 Å². The molecule has 8 heteroatoms. The molecule has 1 saturated carbocycles. The van der Waals surface area contributed by atoms with Gasteiger partial charge in [0.2, 0.25) is 0 Å². The lowest BCUT2D eigenvalue weighted by Gasteiger charge is -2.18. The summed E-state index contributed by atoms with van der Waals surface area (Å²) in [7, 11) is 0. The van der Waals surface area contributed by atoms with Crippen molar-refractivity contribution in [3.63, 3.8) is 0 Å². The molecule has 24 heavy (non-hydrogen) atoms. The first-order valence-electron chi connectivity index (χ1n) is 7.90. The SMILES string of the molecule is NCC1CCCC1NC(=O)c1ccn(-c2cccc([N+](=O)[O-])c2)n1. The van der Waals surface area contributed by atoms with Crippen molar-refractivity contribution in [1.82, 2.24) is 15.1 Å². The number of nitrogens with two attached hydrogens (primary N) is 1. The summed E-state index contributed by atoms with van der Waals surface area (Å²) in [4.78, 5) is 22.7. The van der Waals surface area contributed by atoms with Crippen LogP contribution in [0, 0.1) is 16.0 Å². The van der Waals surface area contributed by atoms with Crippen LogP contribution in [0.1, 0.15) is 29.8 Å². The predicted octanol–water partition coefficient (Wildman–Crippen LogP) is 1.64. The molecule has 1 aliphatic rings. The molecule has 126 valence electrons. The van der Waals surface area contributed by atoms with E-state index in [0.717, 1.165) is 19.3 Å². The van der Waals surface area contributed by atoms with Crippen molar-refractivity contribution in [1.29, 1.82) is 0 Å². The first kappa shape index (κ1) is 16.1. The summed E-state index contributed by atoms with van der Waals surface area (Å²) in [6, 6.07) is 7.79. The molecule has 1 aromatic heterocycles. The van der Waals surface area contributed by atoms with Crippen LogP contribution in [0.2, 0.25) is 0 Å². The Morgan fingerprint density at radius 1 is 1.42 bits per heavy atom. The largest absolute Gasteiger partial charge is 0.348 e. The average molecular weight is 329 g/mol. The normalized spacial score (nSPS) is 20.0. The van der Waals surface area contributed by atoms with Gasteiger partial charge < -0.3 is 11.1 Å². The summed E-state index contributed by atoms with van der Waals surface area (Å²) in [6.45, 7) is 0.563. The number of non-ortho nitro benzene ring substituents is 1. The van der Waals surface area contributed by atoms with E-state index < -0.39 is 4.92 Å². The van der Waals surface area contributed by atoms with Crippen LogP contribution in [-0.2, 0) is 0 Å². The summed E-state index contributed by atoms with van der Waals surface area (Å²) >= 11 is 0. The Morgan fingerprint density at radius 3 is 3.00 bits per heavy atom. The molecule has 1 amide bonds. The number of benzene rings is 1. The van der Waals surface area contributed by atoms with Crippen LogP contribution in [0.15, 0.2) is 36.5 Å². The molecule has 0 radical (unpaired) electrons. The lowest BCUT2D eigenvalue weighted by molar-refractivity contribution is -0.384. The molecule has 3 N–H and O–H groups in total. The Morgan fingerprint density at radius 2 is 2.25 bits per heavy atom. The Hall–Kier alpha value is -2.74. The van der Waals surface area contributed by atoms with E-state index in [1.165, 1.54) is 16.8 Å². The van der Waals surface area contributed by atoms with Gasteiger partial charge in [0.15, 0.2) is 5.69 Å². The Balaban J connectivity index is 1.74. The fourth-order valence-corrected chi connectivity index (χ4v) is 3.09. The van der Waals surface area contributed by atoms with E-state index in [9.17, 15) is 14.9 Å². The molecule has 0 bridgehead atoms. The summed E-state index contributed by atoms with van der Waals surface area (Å²) in [5, 5.41) is 18.1. The molecule has 1 aromatic carbocycles. The first-order valence-corrected chi connectivity index (χ1v) is 7.90. The minimum absolute atomic E-state index is 0.0225. The van der Waals surface area contributed by atoms with Gasteiger partial charge in [-0.2, -0.15) is 5.10 Å². The molecule has 8 nitrogen and oxygen atoms in total. The molecule has 2 atom stereocenters. The molecule has 0 spiro atoms. The zero-order chi connectivity index (χ0) is 17.1. The molecule has 1 aliphatic carbocycles. The number of amides is 1. The third kappa shape index (κ3) is 3.28.